The maximum atomic E-state index is 4.79. The first kappa shape index (κ1) is 17.9. The van der Waals surface area contributed by atoms with E-state index >= 15 is 0 Å². The molecule has 0 radical (unpaired) electrons. The zero-order valence-corrected chi connectivity index (χ0v) is 14.4. The Hall–Kier alpha value is -1.16. The van der Waals surface area contributed by atoms with Crippen molar-refractivity contribution in [1.29, 1.82) is 0 Å². The minimum absolute atomic E-state index is 0.504. The predicted molar refractivity (Wildman–Crippen MR) is 90.6 cm³/mol. The molecule has 1 aromatic heterocycles. The Bertz CT molecular complexity index is 392. The summed E-state index contributed by atoms with van der Waals surface area (Å²) in [6, 6.07) is 0.504. The van der Waals surface area contributed by atoms with Gasteiger partial charge in [-0.15, -0.1) is 0 Å². The quantitative estimate of drug-likeness (QED) is 0.715. The molecule has 1 aromatic rings. The fraction of sp³-hybridized carbons (Fsp3) is 0.765. The lowest BCUT2D eigenvalue weighted by Gasteiger charge is -2.29. The number of hydrogen-bond acceptors (Lipinski definition) is 4. The normalized spacial score (nSPS) is 12.7. The van der Waals surface area contributed by atoms with Gasteiger partial charge in [-0.2, -0.15) is 0 Å². The molecule has 0 aliphatic carbocycles. The Morgan fingerprint density at radius 3 is 2.57 bits per heavy atom. The fourth-order valence-electron chi connectivity index (χ4n) is 2.22. The van der Waals surface area contributed by atoms with Crippen LogP contribution in [-0.4, -0.2) is 29.1 Å². The lowest BCUT2D eigenvalue weighted by Crippen LogP contribution is -2.34. The molecule has 4 nitrogen and oxygen atoms in total. The minimum atomic E-state index is 0.504. The van der Waals surface area contributed by atoms with Crippen molar-refractivity contribution in [3.05, 3.63) is 18.1 Å². The van der Waals surface area contributed by atoms with Gasteiger partial charge >= 0.3 is 0 Å². The van der Waals surface area contributed by atoms with Crippen LogP contribution < -0.4 is 10.2 Å². The molecule has 0 aliphatic heterocycles. The zero-order valence-electron chi connectivity index (χ0n) is 14.4. The first-order valence-corrected chi connectivity index (χ1v) is 8.36. The van der Waals surface area contributed by atoms with Gasteiger partial charge in [0.1, 0.15) is 5.82 Å². The van der Waals surface area contributed by atoms with Crippen molar-refractivity contribution in [1.82, 2.24) is 15.3 Å². The van der Waals surface area contributed by atoms with Gasteiger partial charge in [0.25, 0.3) is 0 Å². The van der Waals surface area contributed by atoms with Crippen LogP contribution in [0.25, 0.3) is 0 Å². The van der Waals surface area contributed by atoms with Crippen LogP contribution in [0.4, 0.5) is 5.82 Å². The van der Waals surface area contributed by atoms with E-state index in [1.807, 2.05) is 12.4 Å². The van der Waals surface area contributed by atoms with E-state index < -0.39 is 0 Å². The van der Waals surface area contributed by atoms with Gasteiger partial charge in [-0.1, -0.05) is 34.1 Å². The fourth-order valence-corrected chi connectivity index (χ4v) is 2.22. The first-order valence-electron chi connectivity index (χ1n) is 8.36. The van der Waals surface area contributed by atoms with Gasteiger partial charge in [-0.05, 0) is 32.2 Å². The SMILES string of the molecule is CCCCN(c1cncc(CNCC(C)C)n1)C(C)CC. The van der Waals surface area contributed by atoms with Gasteiger partial charge in [0.15, 0.2) is 0 Å². The van der Waals surface area contributed by atoms with Gasteiger partial charge in [0.05, 0.1) is 11.9 Å². The summed E-state index contributed by atoms with van der Waals surface area (Å²) in [6.45, 7) is 14.0. The highest BCUT2D eigenvalue weighted by Crippen LogP contribution is 2.16. The summed E-state index contributed by atoms with van der Waals surface area (Å²) < 4.78 is 0. The Labute approximate surface area is 130 Å². The average molecular weight is 292 g/mol. The van der Waals surface area contributed by atoms with E-state index in [0.29, 0.717) is 12.0 Å². The van der Waals surface area contributed by atoms with Crippen LogP contribution in [0.2, 0.25) is 0 Å². The highest BCUT2D eigenvalue weighted by atomic mass is 15.2. The first-order chi connectivity index (χ1) is 10.1. The number of nitrogens with zero attached hydrogens (tertiary/aromatic N) is 3. The standard InChI is InChI=1S/C17H32N4/c1-6-8-9-21(15(5)7-2)17-13-19-12-16(20-17)11-18-10-14(3)4/h12-15,18H,6-11H2,1-5H3. The summed E-state index contributed by atoms with van der Waals surface area (Å²) in [5.74, 6) is 1.67. The van der Waals surface area contributed by atoms with Crippen molar-refractivity contribution in [2.24, 2.45) is 5.92 Å². The molecule has 120 valence electrons. The Balaban J connectivity index is 2.73. The second-order valence-electron chi connectivity index (χ2n) is 6.20. The molecule has 0 saturated carbocycles. The van der Waals surface area contributed by atoms with Crippen LogP contribution in [0.1, 0.15) is 59.6 Å². The minimum Gasteiger partial charge on any atom is -0.353 e. The number of nitrogens with one attached hydrogen (secondary N) is 1. The van der Waals surface area contributed by atoms with Crippen molar-refractivity contribution >= 4 is 5.82 Å². The molecule has 0 bridgehead atoms. The zero-order chi connectivity index (χ0) is 15.7. The van der Waals surface area contributed by atoms with Crippen molar-refractivity contribution in [2.75, 3.05) is 18.0 Å². The Morgan fingerprint density at radius 1 is 1.19 bits per heavy atom. The molecule has 0 fully saturated rings. The van der Waals surface area contributed by atoms with Crippen molar-refractivity contribution in [3.8, 4) is 0 Å². The molecule has 0 aliphatic rings. The third-order valence-electron chi connectivity index (χ3n) is 3.70. The summed E-state index contributed by atoms with van der Waals surface area (Å²) in [7, 11) is 0. The smallest absolute Gasteiger partial charge is 0.147 e. The van der Waals surface area contributed by atoms with Gasteiger partial charge in [-0.3, -0.25) is 4.98 Å². The number of anilines is 1. The monoisotopic (exact) mass is 292 g/mol. The highest BCUT2D eigenvalue weighted by Gasteiger charge is 2.14. The van der Waals surface area contributed by atoms with Gasteiger partial charge in [-0.25, -0.2) is 4.98 Å². The van der Waals surface area contributed by atoms with Crippen LogP contribution in [-0.2, 0) is 6.54 Å². The van der Waals surface area contributed by atoms with E-state index in [0.717, 1.165) is 37.6 Å². The number of aromatic nitrogens is 2. The topological polar surface area (TPSA) is 41.1 Å². The van der Waals surface area contributed by atoms with Crippen LogP contribution in [0.5, 0.6) is 0 Å². The summed E-state index contributed by atoms with van der Waals surface area (Å²) in [5.41, 5.74) is 1.03. The molecule has 0 spiro atoms. The largest absolute Gasteiger partial charge is 0.353 e. The van der Waals surface area contributed by atoms with Crippen molar-refractivity contribution in [2.45, 2.75) is 66.5 Å². The predicted octanol–water partition coefficient (Wildman–Crippen LogP) is 3.63. The third-order valence-corrected chi connectivity index (χ3v) is 3.70. The van der Waals surface area contributed by atoms with Crippen LogP contribution >= 0.6 is 0 Å². The highest BCUT2D eigenvalue weighted by molar-refractivity contribution is 5.37. The van der Waals surface area contributed by atoms with E-state index in [2.05, 4.69) is 49.8 Å². The van der Waals surface area contributed by atoms with E-state index in [-0.39, 0.29) is 0 Å². The molecular formula is C17H32N4. The second-order valence-corrected chi connectivity index (χ2v) is 6.20. The Kier molecular flexibility index (Phi) is 8.28. The van der Waals surface area contributed by atoms with E-state index in [1.54, 1.807) is 0 Å². The van der Waals surface area contributed by atoms with E-state index in [4.69, 9.17) is 4.98 Å². The lowest BCUT2D eigenvalue weighted by atomic mass is 10.2. The Morgan fingerprint density at radius 2 is 1.95 bits per heavy atom. The van der Waals surface area contributed by atoms with Crippen LogP contribution in [0, 0.1) is 5.92 Å². The molecule has 1 atom stereocenters. The molecule has 1 heterocycles. The summed E-state index contributed by atoms with van der Waals surface area (Å²) in [4.78, 5) is 11.6. The molecule has 4 heteroatoms. The molecule has 0 amide bonds. The average Bonchev–Trinajstić information content (AvgIpc) is 2.47. The summed E-state index contributed by atoms with van der Waals surface area (Å²) >= 11 is 0. The van der Waals surface area contributed by atoms with Gasteiger partial charge in [0.2, 0.25) is 0 Å². The van der Waals surface area contributed by atoms with E-state index in [1.165, 1.54) is 12.8 Å². The molecule has 1 rings (SSSR count). The molecule has 1 N–H and O–H groups in total. The van der Waals surface area contributed by atoms with Crippen LogP contribution in [0.3, 0.4) is 0 Å². The second kappa shape index (κ2) is 9.72. The maximum Gasteiger partial charge on any atom is 0.147 e. The number of hydrogen-bond donors (Lipinski definition) is 1. The van der Waals surface area contributed by atoms with Gasteiger partial charge in [0, 0.05) is 25.3 Å². The van der Waals surface area contributed by atoms with Gasteiger partial charge < -0.3 is 10.2 Å². The summed E-state index contributed by atoms with van der Waals surface area (Å²) in [5, 5.41) is 3.43. The van der Waals surface area contributed by atoms with E-state index in [9.17, 15) is 0 Å². The van der Waals surface area contributed by atoms with Crippen LogP contribution in [0.15, 0.2) is 12.4 Å². The molecule has 0 aromatic carbocycles. The maximum absolute atomic E-state index is 4.79. The third kappa shape index (κ3) is 6.42. The molecule has 21 heavy (non-hydrogen) atoms. The molecule has 1 unspecified atom stereocenters. The number of unbranched alkanes of at least 4 members (excludes halogenated alkanes) is 1. The summed E-state index contributed by atoms with van der Waals surface area (Å²) in [6.07, 6.45) is 7.29. The lowest BCUT2D eigenvalue weighted by molar-refractivity contribution is 0.545. The molecule has 0 saturated heterocycles. The number of rotatable bonds is 10. The van der Waals surface area contributed by atoms with Crippen molar-refractivity contribution in [3.63, 3.8) is 0 Å². The molecular weight excluding hydrogens is 260 g/mol. The van der Waals surface area contributed by atoms with Crippen molar-refractivity contribution < 1.29 is 0 Å².